The first kappa shape index (κ1) is 3.74. The first-order chi connectivity index (χ1) is 3.00. The highest BCUT2D eigenvalue weighted by molar-refractivity contribution is 8.08. The van der Waals surface area contributed by atoms with Crippen LogP contribution in [0.15, 0.2) is 17.5 Å². The van der Waals surface area contributed by atoms with Crippen LogP contribution in [0, 0.1) is 0 Å². The van der Waals surface area contributed by atoms with Gasteiger partial charge in [0.05, 0.1) is 6.20 Å². The molecule has 0 saturated heterocycles. The Hall–Kier alpha value is -0.440. The molecule has 0 atom stereocenters. The minimum absolute atomic E-state index is 1.22. The maximum atomic E-state index is 4.66. The Morgan fingerprint density at radius 3 is 2.83 bits per heavy atom. The van der Waals surface area contributed by atoms with Crippen molar-refractivity contribution < 1.29 is 4.18 Å². The SMILES string of the molecule is C1=COSC=N1. The van der Waals surface area contributed by atoms with E-state index in [-0.39, 0.29) is 0 Å². The van der Waals surface area contributed by atoms with Crippen LogP contribution >= 0.6 is 12.0 Å². The second kappa shape index (κ2) is 1.87. The van der Waals surface area contributed by atoms with Crippen molar-refractivity contribution in [3.8, 4) is 0 Å². The Bertz CT molecular complexity index is 76.8. The lowest BCUT2D eigenvalue weighted by atomic mass is 11.0. The molecule has 1 rings (SSSR count). The minimum atomic E-state index is 1.22. The fourth-order valence-corrected chi connectivity index (χ4v) is 0.460. The first-order valence-corrected chi connectivity index (χ1v) is 2.29. The van der Waals surface area contributed by atoms with Gasteiger partial charge >= 0.3 is 0 Å². The van der Waals surface area contributed by atoms with Gasteiger partial charge in [0.1, 0.15) is 23.9 Å². The maximum absolute atomic E-state index is 4.66. The molecule has 2 nitrogen and oxygen atoms in total. The van der Waals surface area contributed by atoms with Crippen molar-refractivity contribution in [2.24, 2.45) is 4.99 Å². The van der Waals surface area contributed by atoms with E-state index in [0.717, 1.165) is 0 Å². The molecule has 0 bridgehead atoms. The molecule has 0 radical (unpaired) electrons. The Kier molecular flexibility index (Phi) is 1.17. The summed E-state index contributed by atoms with van der Waals surface area (Å²) in [4.78, 5) is 3.71. The number of nitrogens with zero attached hydrogens (tertiary/aromatic N) is 1. The van der Waals surface area contributed by atoms with E-state index in [1.54, 1.807) is 11.7 Å². The van der Waals surface area contributed by atoms with Gasteiger partial charge in [0.2, 0.25) is 0 Å². The zero-order valence-electron chi connectivity index (χ0n) is 3.00. The Morgan fingerprint density at radius 2 is 2.67 bits per heavy atom. The van der Waals surface area contributed by atoms with Crippen molar-refractivity contribution in [1.29, 1.82) is 0 Å². The quantitative estimate of drug-likeness (QED) is 0.427. The van der Waals surface area contributed by atoms with Gasteiger partial charge in [-0.2, -0.15) is 0 Å². The summed E-state index contributed by atoms with van der Waals surface area (Å²) in [5.74, 6) is 0. The highest BCUT2D eigenvalue weighted by atomic mass is 32.2. The van der Waals surface area contributed by atoms with E-state index < -0.39 is 0 Å². The topological polar surface area (TPSA) is 21.6 Å². The molecule has 1 aliphatic heterocycles. The Labute approximate surface area is 40.1 Å². The largest absolute Gasteiger partial charge is 0.426 e. The molecule has 0 saturated carbocycles. The normalized spacial score (nSPS) is 17.3. The van der Waals surface area contributed by atoms with Gasteiger partial charge < -0.3 is 4.18 Å². The third kappa shape index (κ3) is 0.755. The van der Waals surface area contributed by atoms with Crippen LogP contribution in [0.5, 0.6) is 0 Å². The van der Waals surface area contributed by atoms with Crippen LogP contribution in [-0.4, -0.2) is 5.55 Å². The summed E-state index contributed by atoms with van der Waals surface area (Å²) < 4.78 is 4.66. The van der Waals surface area contributed by atoms with Crippen molar-refractivity contribution in [3.63, 3.8) is 0 Å². The van der Waals surface area contributed by atoms with Crippen LogP contribution in [-0.2, 0) is 4.18 Å². The number of aliphatic imine (C=N–C) groups is 1. The molecule has 0 unspecified atom stereocenters. The molecule has 0 amide bonds. The standard InChI is InChI=1S/C3H3NOS/c1-2-5-6-3-4-1/h1-3H. The van der Waals surface area contributed by atoms with Crippen molar-refractivity contribution in [3.05, 3.63) is 12.5 Å². The first-order valence-electron chi connectivity index (χ1n) is 1.49. The summed E-state index contributed by atoms with van der Waals surface area (Å²) in [6.07, 6.45) is 3.13. The van der Waals surface area contributed by atoms with Crippen LogP contribution in [0.3, 0.4) is 0 Å². The number of hydrogen-bond donors (Lipinski definition) is 0. The summed E-state index contributed by atoms with van der Waals surface area (Å²) in [6, 6.07) is 0. The predicted octanol–water partition coefficient (Wildman–Crippen LogP) is 1.16. The van der Waals surface area contributed by atoms with Gasteiger partial charge in [-0.05, 0) is 0 Å². The second-order valence-electron chi connectivity index (χ2n) is 0.732. The summed E-state index contributed by atoms with van der Waals surface area (Å²) in [5, 5.41) is 0. The number of hydrogen-bond acceptors (Lipinski definition) is 3. The molecule has 0 fully saturated rings. The Morgan fingerprint density at radius 1 is 1.67 bits per heavy atom. The molecule has 1 heterocycles. The third-order valence-electron chi connectivity index (χ3n) is 0.362. The van der Waals surface area contributed by atoms with Crippen LogP contribution in [0.2, 0.25) is 0 Å². The minimum Gasteiger partial charge on any atom is -0.426 e. The average molecular weight is 101 g/mol. The third-order valence-corrected chi connectivity index (χ3v) is 0.792. The van der Waals surface area contributed by atoms with E-state index in [1.807, 2.05) is 0 Å². The van der Waals surface area contributed by atoms with Gasteiger partial charge in [-0.15, -0.1) is 0 Å². The highest BCUT2D eigenvalue weighted by Crippen LogP contribution is 2.02. The molecule has 32 valence electrons. The van der Waals surface area contributed by atoms with E-state index >= 15 is 0 Å². The summed E-state index contributed by atoms with van der Waals surface area (Å²) in [5.41, 5.74) is 1.62. The second-order valence-corrected chi connectivity index (χ2v) is 1.33. The van der Waals surface area contributed by atoms with Crippen molar-refractivity contribution in [2.75, 3.05) is 0 Å². The van der Waals surface area contributed by atoms with Gasteiger partial charge in [-0.3, -0.25) is 4.99 Å². The molecular formula is C3H3NOS. The van der Waals surface area contributed by atoms with Gasteiger partial charge in [0, 0.05) is 0 Å². The molecule has 0 aromatic carbocycles. The maximum Gasteiger partial charge on any atom is 0.120 e. The van der Waals surface area contributed by atoms with E-state index in [1.165, 1.54) is 18.3 Å². The monoisotopic (exact) mass is 101 g/mol. The zero-order chi connectivity index (χ0) is 4.24. The van der Waals surface area contributed by atoms with Crippen LogP contribution < -0.4 is 0 Å². The lowest BCUT2D eigenvalue weighted by Crippen LogP contribution is -1.70. The van der Waals surface area contributed by atoms with E-state index in [4.69, 9.17) is 0 Å². The van der Waals surface area contributed by atoms with Crippen LogP contribution in [0.4, 0.5) is 0 Å². The van der Waals surface area contributed by atoms with E-state index in [9.17, 15) is 0 Å². The lowest BCUT2D eigenvalue weighted by molar-refractivity contribution is 0.569. The average Bonchev–Trinajstić information content (AvgIpc) is 1.72. The Balaban J connectivity index is 2.46. The molecule has 0 spiro atoms. The molecule has 3 heteroatoms. The zero-order valence-corrected chi connectivity index (χ0v) is 3.81. The molecule has 0 N–H and O–H groups in total. The molecule has 1 aliphatic rings. The molecule has 0 aromatic rings. The van der Waals surface area contributed by atoms with Crippen molar-refractivity contribution in [1.82, 2.24) is 0 Å². The fourth-order valence-electron chi connectivity index (χ4n) is 0.177. The fraction of sp³-hybridized carbons (Fsp3) is 0. The summed E-state index contributed by atoms with van der Waals surface area (Å²) in [7, 11) is 0. The van der Waals surface area contributed by atoms with E-state index in [2.05, 4.69) is 9.18 Å². The predicted molar refractivity (Wildman–Crippen MR) is 26.3 cm³/mol. The smallest absolute Gasteiger partial charge is 0.120 e. The van der Waals surface area contributed by atoms with Gasteiger partial charge in [-0.25, -0.2) is 0 Å². The summed E-state index contributed by atoms with van der Waals surface area (Å²) >= 11 is 1.22. The molecule has 0 aromatic heterocycles. The van der Waals surface area contributed by atoms with Gasteiger partial charge in [-0.1, -0.05) is 0 Å². The van der Waals surface area contributed by atoms with Gasteiger partial charge in [0.15, 0.2) is 0 Å². The summed E-state index contributed by atoms with van der Waals surface area (Å²) in [6.45, 7) is 0. The molecule has 6 heavy (non-hydrogen) atoms. The molecular weight excluding hydrogens is 98.1 g/mol. The highest BCUT2D eigenvalue weighted by Gasteiger charge is 1.78. The van der Waals surface area contributed by atoms with Crippen LogP contribution in [0.1, 0.15) is 0 Å². The number of rotatable bonds is 0. The van der Waals surface area contributed by atoms with Gasteiger partial charge in [0.25, 0.3) is 0 Å². The van der Waals surface area contributed by atoms with Crippen molar-refractivity contribution in [2.45, 2.75) is 0 Å². The lowest BCUT2D eigenvalue weighted by Gasteiger charge is -1.91. The van der Waals surface area contributed by atoms with Crippen molar-refractivity contribution >= 4 is 17.6 Å². The molecule has 0 aliphatic carbocycles. The van der Waals surface area contributed by atoms with Crippen LogP contribution in [0.25, 0.3) is 0 Å². The van der Waals surface area contributed by atoms with E-state index in [0.29, 0.717) is 0 Å².